The van der Waals surface area contributed by atoms with Crippen molar-refractivity contribution in [3.05, 3.63) is 9.81 Å². The molecule has 1 N–H and O–H groups in total. The molecule has 0 aromatic carbocycles. The van der Waals surface area contributed by atoms with Crippen LogP contribution in [0.15, 0.2) is 9.81 Å². The molecule has 100 valence electrons. The van der Waals surface area contributed by atoms with Crippen LogP contribution in [0, 0.1) is 10.8 Å². The fourth-order valence-electron chi connectivity index (χ4n) is 1.96. The Balaban J connectivity index is 3.84. The predicted octanol–water partition coefficient (Wildman–Crippen LogP) is 1.55. The summed E-state index contributed by atoms with van der Waals surface area (Å²) in [7, 11) is -7.89. The van der Waals surface area contributed by atoms with Crippen LogP contribution < -0.4 is 4.13 Å². The first kappa shape index (κ1) is 14.7. The van der Waals surface area contributed by atoms with Gasteiger partial charge in [-0.05, 0) is 0 Å². The van der Waals surface area contributed by atoms with Crippen LogP contribution in [0.5, 0.6) is 0 Å². The first-order chi connectivity index (χ1) is 7.20. The van der Waals surface area contributed by atoms with Gasteiger partial charge in [0, 0.05) is 10.8 Å². The van der Waals surface area contributed by atoms with E-state index in [4.69, 9.17) is 0 Å². The minimum Gasteiger partial charge on any atom is -0.206 e. The molecule has 0 unspecified atom stereocenters. The Bertz CT molecular complexity index is 517. The minimum atomic E-state index is -3.94. The number of hydrogen-bond acceptors (Lipinski definition) is 4. The van der Waals surface area contributed by atoms with Gasteiger partial charge in [0.2, 0.25) is 0 Å². The first-order valence-electron chi connectivity index (χ1n) is 5.23. The Morgan fingerprint density at radius 1 is 0.706 bits per heavy atom. The van der Waals surface area contributed by atoms with E-state index in [2.05, 4.69) is 0 Å². The smallest absolute Gasteiger partial charge is 0.206 e. The van der Waals surface area contributed by atoms with E-state index in [9.17, 15) is 16.8 Å². The third-order valence-electron chi connectivity index (χ3n) is 2.33. The highest BCUT2D eigenvalue weighted by Crippen LogP contribution is 2.45. The highest BCUT2D eigenvalue weighted by atomic mass is 32.3. The third kappa shape index (κ3) is 2.56. The van der Waals surface area contributed by atoms with E-state index in [0.29, 0.717) is 0 Å². The molecule has 0 aromatic heterocycles. The molecule has 0 radical (unpaired) electrons. The SMILES string of the molecule is CC(C)(C)C1=C(C(C)(C)C)S(=O)(=O)NS1(=O)=O. The van der Waals surface area contributed by atoms with Crippen molar-refractivity contribution in [3.8, 4) is 0 Å². The Labute approximate surface area is 103 Å². The van der Waals surface area contributed by atoms with Crippen molar-refractivity contribution in [3.63, 3.8) is 0 Å². The van der Waals surface area contributed by atoms with Crippen molar-refractivity contribution in [2.45, 2.75) is 41.5 Å². The molecule has 0 aromatic rings. The van der Waals surface area contributed by atoms with Crippen molar-refractivity contribution >= 4 is 20.0 Å². The van der Waals surface area contributed by atoms with Crippen LogP contribution in [0.1, 0.15) is 41.5 Å². The highest BCUT2D eigenvalue weighted by molar-refractivity contribution is 8.11. The lowest BCUT2D eigenvalue weighted by Gasteiger charge is -2.25. The molecule has 0 fully saturated rings. The normalized spacial score (nSPS) is 24.1. The molecule has 1 heterocycles. The van der Waals surface area contributed by atoms with Gasteiger partial charge in [-0.3, -0.25) is 0 Å². The molecule has 1 aliphatic heterocycles. The maximum absolute atomic E-state index is 11.9. The molecule has 0 spiro atoms. The van der Waals surface area contributed by atoms with Crippen LogP contribution in [0.4, 0.5) is 0 Å². The average Bonchev–Trinajstić information content (AvgIpc) is 2.10. The summed E-state index contributed by atoms with van der Waals surface area (Å²) in [6.45, 7) is 10.1. The van der Waals surface area contributed by atoms with Gasteiger partial charge in [0.15, 0.2) is 0 Å². The lowest BCUT2D eigenvalue weighted by atomic mass is 9.88. The summed E-state index contributed by atoms with van der Waals surface area (Å²) < 4.78 is 49.5. The quantitative estimate of drug-likeness (QED) is 0.730. The molecular weight excluding hydrogens is 262 g/mol. The standard InChI is InChI=1S/C10H19NO4S2/c1-9(2,3)7-8(10(4,5)6)17(14,15)11-16(7,12)13/h11H,1-6H3. The molecule has 0 saturated carbocycles. The number of rotatable bonds is 0. The van der Waals surface area contributed by atoms with Gasteiger partial charge in [-0.15, -0.1) is 4.13 Å². The third-order valence-corrected chi connectivity index (χ3v) is 6.92. The van der Waals surface area contributed by atoms with Crippen molar-refractivity contribution in [1.29, 1.82) is 0 Å². The Hall–Kier alpha value is -0.400. The summed E-state index contributed by atoms with van der Waals surface area (Å²) in [6, 6.07) is 0. The van der Waals surface area contributed by atoms with E-state index >= 15 is 0 Å². The van der Waals surface area contributed by atoms with Crippen LogP contribution in [0.3, 0.4) is 0 Å². The molecule has 1 aliphatic rings. The second-order valence-electron chi connectivity index (χ2n) is 6.25. The highest BCUT2D eigenvalue weighted by Gasteiger charge is 2.49. The molecule has 1 rings (SSSR count). The largest absolute Gasteiger partial charge is 0.251 e. The van der Waals surface area contributed by atoms with Crippen LogP contribution >= 0.6 is 0 Å². The average molecular weight is 281 g/mol. The van der Waals surface area contributed by atoms with Gasteiger partial charge in [0.25, 0.3) is 20.0 Å². The zero-order chi connectivity index (χ0) is 13.9. The summed E-state index contributed by atoms with van der Waals surface area (Å²) in [4.78, 5) is -0.0602. The van der Waals surface area contributed by atoms with E-state index in [1.807, 2.05) is 0 Å². The van der Waals surface area contributed by atoms with Gasteiger partial charge < -0.3 is 0 Å². The number of nitrogens with one attached hydrogen (secondary N) is 1. The molecule has 0 saturated heterocycles. The van der Waals surface area contributed by atoms with E-state index < -0.39 is 30.9 Å². The van der Waals surface area contributed by atoms with Crippen molar-refractivity contribution < 1.29 is 16.8 Å². The molecule has 5 nitrogen and oxygen atoms in total. The van der Waals surface area contributed by atoms with Crippen LogP contribution in [0.2, 0.25) is 0 Å². The number of hydrogen-bond donors (Lipinski definition) is 1. The van der Waals surface area contributed by atoms with Crippen LogP contribution in [-0.2, 0) is 20.0 Å². The summed E-state index contributed by atoms with van der Waals surface area (Å²) >= 11 is 0. The van der Waals surface area contributed by atoms with Crippen LogP contribution in [-0.4, -0.2) is 16.8 Å². The summed E-state index contributed by atoms with van der Waals surface area (Å²) in [5.41, 5.74) is -1.50. The van der Waals surface area contributed by atoms with Crippen LogP contribution in [0.25, 0.3) is 0 Å². The van der Waals surface area contributed by atoms with E-state index in [1.54, 1.807) is 45.7 Å². The first-order valence-corrected chi connectivity index (χ1v) is 8.20. The minimum absolute atomic E-state index is 0.0301. The fraction of sp³-hybridized carbons (Fsp3) is 0.800. The predicted molar refractivity (Wildman–Crippen MR) is 66.9 cm³/mol. The fourth-order valence-corrected chi connectivity index (χ4v) is 7.15. The molecule has 17 heavy (non-hydrogen) atoms. The maximum atomic E-state index is 11.9. The molecular formula is C10H19NO4S2. The summed E-state index contributed by atoms with van der Waals surface area (Å²) in [5, 5.41) is 0. The van der Waals surface area contributed by atoms with Crippen molar-refractivity contribution in [1.82, 2.24) is 4.13 Å². The van der Waals surface area contributed by atoms with Gasteiger partial charge >= 0.3 is 0 Å². The zero-order valence-electron chi connectivity index (χ0n) is 10.9. The monoisotopic (exact) mass is 281 g/mol. The second-order valence-corrected chi connectivity index (χ2v) is 9.75. The molecule has 7 heteroatoms. The van der Waals surface area contributed by atoms with Gasteiger partial charge in [-0.25, -0.2) is 16.8 Å². The van der Waals surface area contributed by atoms with Gasteiger partial charge in [0.1, 0.15) is 0 Å². The molecule has 0 amide bonds. The van der Waals surface area contributed by atoms with Gasteiger partial charge in [-0.1, -0.05) is 41.5 Å². The summed E-state index contributed by atoms with van der Waals surface area (Å²) in [6.07, 6.45) is 0. The van der Waals surface area contributed by atoms with Crippen molar-refractivity contribution in [2.24, 2.45) is 10.8 Å². The Kier molecular flexibility index (Phi) is 3.06. The van der Waals surface area contributed by atoms with Gasteiger partial charge in [0.05, 0.1) is 9.81 Å². The Morgan fingerprint density at radius 2 is 0.941 bits per heavy atom. The van der Waals surface area contributed by atoms with Crippen molar-refractivity contribution in [2.75, 3.05) is 0 Å². The zero-order valence-corrected chi connectivity index (χ0v) is 12.6. The molecule has 0 bridgehead atoms. The molecule has 0 atom stereocenters. The van der Waals surface area contributed by atoms with E-state index in [0.717, 1.165) is 0 Å². The number of sulfonamides is 2. The second kappa shape index (κ2) is 3.55. The van der Waals surface area contributed by atoms with E-state index in [1.165, 1.54) is 0 Å². The lowest BCUT2D eigenvalue weighted by Crippen LogP contribution is -2.27. The Morgan fingerprint density at radius 3 is 1.12 bits per heavy atom. The number of allylic oxidation sites excluding steroid dienone is 2. The maximum Gasteiger partial charge on any atom is 0.251 e. The van der Waals surface area contributed by atoms with E-state index in [-0.39, 0.29) is 9.81 Å². The molecule has 0 aliphatic carbocycles. The summed E-state index contributed by atoms with van der Waals surface area (Å²) in [5.74, 6) is 0. The van der Waals surface area contributed by atoms with Gasteiger partial charge in [-0.2, -0.15) is 0 Å². The topological polar surface area (TPSA) is 80.3 Å². The lowest BCUT2D eigenvalue weighted by molar-refractivity contribution is 0.472.